The summed E-state index contributed by atoms with van der Waals surface area (Å²) >= 11 is 0. The van der Waals surface area contributed by atoms with Gasteiger partial charge in [-0.1, -0.05) is 19.8 Å². The molecule has 0 saturated carbocycles. The highest BCUT2D eigenvalue weighted by Crippen LogP contribution is 2.26. The summed E-state index contributed by atoms with van der Waals surface area (Å²) in [6, 6.07) is 0. The number of amides is 1. The van der Waals surface area contributed by atoms with Gasteiger partial charge < -0.3 is 20.6 Å². The van der Waals surface area contributed by atoms with E-state index in [0.29, 0.717) is 6.42 Å². The Balaban J connectivity index is 5.10. The first kappa shape index (κ1) is 21.9. The second-order valence-electron chi connectivity index (χ2n) is 5.97. The highest BCUT2D eigenvalue weighted by molar-refractivity contribution is 5.77. The van der Waals surface area contributed by atoms with Gasteiger partial charge >= 0.3 is 17.9 Å². The van der Waals surface area contributed by atoms with Gasteiger partial charge in [-0.15, -0.1) is 0 Å². The normalized spacial score (nSPS) is 11.0. The van der Waals surface area contributed by atoms with Crippen molar-refractivity contribution in [3.8, 4) is 0 Å². The third kappa shape index (κ3) is 10.6. The van der Waals surface area contributed by atoms with Crippen LogP contribution in [0.3, 0.4) is 0 Å². The van der Waals surface area contributed by atoms with E-state index in [9.17, 15) is 19.2 Å². The Hall–Kier alpha value is -2.12. The first-order valence-corrected chi connectivity index (χ1v) is 8.17. The van der Waals surface area contributed by atoms with Crippen molar-refractivity contribution in [2.45, 2.75) is 76.7 Å². The van der Waals surface area contributed by atoms with Crippen LogP contribution in [0.25, 0.3) is 0 Å². The smallest absolute Gasteiger partial charge is 0.303 e. The second-order valence-corrected chi connectivity index (χ2v) is 5.97. The van der Waals surface area contributed by atoms with Gasteiger partial charge in [0.1, 0.15) is 0 Å². The Morgan fingerprint density at radius 1 is 0.750 bits per heavy atom. The summed E-state index contributed by atoms with van der Waals surface area (Å²) in [5, 5.41) is 29.4. The van der Waals surface area contributed by atoms with Crippen molar-refractivity contribution in [1.29, 1.82) is 0 Å². The third-order valence-corrected chi connectivity index (χ3v) is 3.86. The molecule has 0 aliphatic heterocycles. The predicted octanol–water partition coefficient (Wildman–Crippen LogP) is 2.02. The highest BCUT2D eigenvalue weighted by atomic mass is 16.4. The first-order valence-electron chi connectivity index (χ1n) is 8.17. The summed E-state index contributed by atoms with van der Waals surface area (Å²) in [5.41, 5.74) is -1.13. The van der Waals surface area contributed by atoms with Gasteiger partial charge in [-0.3, -0.25) is 19.2 Å². The minimum absolute atomic E-state index is 0.00239. The molecule has 0 atom stereocenters. The molecule has 0 spiro atoms. The maximum Gasteiger partial charge on any atom is 0.303 e. The fourth-order valence-corrected chi connectivity index (χ4v) is 2.49. The molecule has 0 bridgehead atoms. The van der Waals surface area contributed by atoms with Crippen LogP contribution in [0.4, 0.5) is 0 Å². The van der Waals surface area contributed by atoms with E-state index in [2.05, 4.69) is 5.32 Å². The maximum absolute atomic E-state index is 12.1. The molecule has 0 aromatic carbocycles. The average Bonchev–Trinajstić information content (AvgIpc) is 2.48. The molecule has 8 nitrogen and oxygen atoms in total. The van der Waals surface area contributed by atoms with Crippen LogP contribution in [-0.4, -0.2) is 44.7 Å². The molecule has 0 aliphatic carbocycles. The van der Waals surface area contributed by atoms with Gasteiger partial charge in [0, 0.05) is 31.2 Å². The number of carboxylic acid groups (broad SMARTS) is 3. The quantitative estimate of drug-likeness (QED) is 0.353. The van der Waals surface area contributed by atoms with Gasteiger partial charge in [-0.05, 0) is 25.7 Å². The van der Waals surface area contributed by atoms with E-state index in [1.165, 1.54) is 0 Å². The van der Waals surface area contributed by atoms with Crippen molar-refractivity contribution >= 4 is 23.8 Å². The lowest BCUT2D eigenvalue weighted by Crippen LogP contribution is -2.49. The molecule has 24 heavy (non-hydrogen) atoms. The number of carbonyl (C=O) groups excluding carboxylic acids is 1. The topological polar surface area (TPSA) is 141 Å². The van der Waals surface area contributed by atoms with Crippen LogP contribution >= 0.6 is 0 Å². The standard InChI is InChI=1S/C16H27NO7/c1-2-3-4-5-12(18)17-16(9-6-13(19)20,10-7-14(21)22)11-8-15(23)24/h2-11H2,1H3,(H,17,18)(H,19,20)(H,21,22)(H,23,24). The monoisotopic (exact) mass is 345 g/mol. The number of rotatable bonds is 14. The Kier molecular flexibility index (Phi) is 10.4. The minimum Gasteiger partial charge on any atom is -0.481 e. The molecule has 0 radical (unpaired) electrons. The number of unbranched alkanes of at least 4 members (excludes halogenated alkanes) is 2. The fourth-order valence-electron chi connectivity index (χ4n) is 2.49. The van der Waals surface area contributed by atoms with Crippen molar-refractivity contribution in [3.05, 3.63) is 0 Å². The van der Waals surface area contributed by atoms with Crippen molar-refractivity contribution < 1.29 is 34.5 Å². The van der Waals surface area contributed by atoms with Crippen LogP contribution < -0.4 is 5.32 Å². The van der Waals surface area contributed by atoms with E-state index in [-0.39, 0.29) is 50.9 Å². The Bertz CT molecular complexity index is 402. The third-order valence-electron chi connectivity index (χ3n) is 3.86. The van der Waals surface area contributed by atoms with Crippen LogP contribution in [0.5, 0.6) is 0 Å². The molecule has 8 heteroatoms. The highest BCUT2D eigenvalue weighted by Gasteiger charge is 2.33. The first-order chi connectivity index (χ1) is 11.2. The van der Waals surface area contributed by atoms with Crippen molar-refractivity contribution in [2.75, 3.05) is 0 Å². The summed E-state index contributed by atoms with van der Waals surface area (Å²) in [6.45, 7) is 1.99. The van der Waals surface area contributed by atoms with E-state index in [0.717, 1.165) is 12.8 Å². The van der Waals surface area contributed by atoms with Crippen LogP contribution in [0.15, 0.2) is 0 Å². The van der Waals surface area contributed by atoms with Crippen LogP contribution in [0.2, 0.25) is 0 Å². The van der Waals surface area contributed by atoms with Gasteiger partial charge in [0.05, 0.1) is 0 Å². The Labute approximate surface area is 141 Å². The van der Waals surface area contributed by atoms with Crippen molar-refractivity contribution in [2.24, 2.45) is 0 Å². The number of aliphatic carboxylic acids is 3. The summed E-state index contributed by atoms with van der Waals surface area (Å²) in [4.78, 5) is 44.7. The largest absolute Gasteiger partial charge is 0.481 e. The van der Waals surface area contributed by atoms with Gasteiger partial charge in [-0.25, -0.2) is 0 Å². The molecule has 0 unspecified atom stereocenters. The van der Waals surface area contributed by atoms with E-state index in [1.54, 1.807) is 0 Å². The van der Waals surface area contributed by atoms with Crippen LogP contribution in [-0.2, 0) is 19.2 Å². The molecule has 138 valence electrons. The molecule has 0 fully saturated rings. The molecular weight excluding hydrogens is 318 g/mol. The lowest BCUT2D eigenvalue weighted by Gasteiger charge is -2.34. The second kappa shape index (κ2) is 11.4. The van der Waals surface area contributed by atoms with Gasteiger partial charge in [0.2, 0.25) is 5.91 Å². The average molecular weight is 345 g/mol. The zero-order valence-electron chi connectivity index (χ0n) is 14.0. The zero-order valence-corrected chi connectivity index (χ0v) is 14.0. The van der Waals surface area contributed by atoms with E-state index < -0.39 is 23.4 Å². The molecule has 4 N–H and O–H groups in total. The Morgan fingerprint density at radius 2 is 1.17 bits per heavy atom. The number of hydrogen-bond donors (Lipinski definition) is 4. The number of nitrogens with one attached hydrogen (secondary N) is 1. The SMILES string of the molecule is CCCCCC(=O)NC(CCC(=O)O)(CCC(=O)O)CCC(=O)O. The van der Waals surface area contributed by atoms with Gasteiger partial charge in [-0.2, -0.15) is 0 Å². The lowest BCUT2D eigenvalue weighted by molar-refractivity contribution is -0.139. The van der Waals surface area contributed by atoms with Gasteiger partial charge in [0.15, 0.2) is 0 Å². The summed E-state index contributed by atoms with van der Waals surface area (Å²) in [6.07, 6.45) is 1.94. The van der Waals surface area contributed by atoms with E-state index >= 15 is 0 Å². The lowest BCUT2D eigenvalue weighted by atomic mass is 9.83. The molecule has 0 saturated heterocycles. The zero-order chi connectivity index (χ0) is 18.6. The molecule has 0 aromatic rings. The Morgan fingerprint density at radius 3 is 1.50 bits per heavy atom. The summed E-state index contributed by atoms with van der Waals surface area (Å²) in [5.74, 6) is -3.54. The van der Waals surface area contributed by atoms with Crippen LogP contribution in [0, 0.1) is 0 Å². The molecular formula is C16H27NO7. The van der Waals surface area contributed by atoms with Gasteiger partial charge in [0.25, 0.3) is 0 Å². The van der Waals surface area contributed by atoms with Crippen LogP contribution in [0.1, 0.15) is 71.1 Å². The van der Waals surface area contributed by atoms with E-state index in [1.807, 2.05) is 6.92 Å². The number of carbonyl (C=O) groups is 4. The number of hydrogen-bond acceptors (Lipinski definition) is 4. The summed E-state index contributed by atoms with van der Waals surface area (Å²) in [7, 11) is 0. The molecule has 1 amide bonds. The molecule has 0 aliphatic rings. The molecule has 0 heterocycles. The van der Waals surface area contributed by atoms with Crippen molar-refractivity contribution in [3.63, 3.8) is 0 Å². The predicted molar refractivity (Wildman–Crippen MR) is 85.6 cm³/mol. The molecule has 0 rings (SSSR count). The van der Waals surface area contributed by atoms with Crippen molar-refractivity contribution in [1.82, 2.24) is 5.32 Å². The molecule has 0 aromatic heterocycles. The maximum atomic E-state index is 12.1. The van der Waals surface area contributed by atoms with E-state index in [4.69, 9.17) is 15.3 Å². The fraction of sp³-hybridized carbons (Fsp3) is 0.750. The summed E-state index contributed by atoms with van der Waals surface area (Å²) < 4.78 is 0. The number of carboxylic acids is 3. The minimum atomic E-state index is -1.13.